The van der Waals surface area contributed by atoms with Gasteiger partial charge in [-0.1, -0.05) is 35.9 Å². The monoisotopic (exact) mass is 347 g/mol. The van der Waals surface area contributed by atoms with Gasteiger partial charge < -0.3 is 14.4 Å². The standard InChI is InChI=1S/C18H15ClFNO3/c1-11(23-16-7-6-14(19)9-15(16)20)8-12-2-4-13(5-3-12)17-10-18(22)21-24-17/h2-7,9-11H,8H2,1H3,(H,21,22). The van der Waals surface area contributed by atoms with Crippen molar-refractivity contribution in [3.63, 3.8) is 0 Å². The predicted octanol–water partition coefficient (Wildman–Crippen LogP) is 4.85. The van der Waals surface area contributed by atoms with Gasteiger partial charge in [0.2, 0.25) is 0 Å². The normalized spacial score (nSPS) is 12.1. The molecule has 0 aliphatic heterocycles. The molecule has 1 N–H and O–H groups in total. The van der Waals surface area contributed by atoms with Gasteiger partial charge >= 0.3 is 0 Å². The molecule has 24 heavy (non-hydrogen) atoms. The van der Waals surface area contributed by atoms with E-state index in [0.717, 1.165) is 11.1 Å². The van der Waals surface area contributed by atoms with Crippen LogP contribution in [0.15, 0.2) is 53.1 Å². The first-order valence-electron chi connectivity index (χ1n) is 7.38. The zero-order valence-corrected chi connectivity index (χ0v) is 13.6. The minimum Gasteiger partial charge on any atom is -0.491 e. The Hall–Kier alpha value is -2.53. The van der Waals surface area contributed by atoms with E-state index in [-0.39, 0.29) is 17.7 Å². The molecule has 3 rings (SSSR count). The molecule has 0 radical (unpaired) electrons. The summed E-state index contributed by atoms with van der Waals surface area (Å²) in [5, 5.41) is 13.0. The first-order valence-corrected chi connectivity index (χ1v) is 7.76. The van der Waals surface area contributed by atoms with Crippen LogP contribution in [-0.4, -0.2) is 16.4 Å². The van der Waals surface area contributed by atoms with Gasteiger partial charge in [0.15, 0.2) is 17.3 Å². The summed E-state index contributed by atoms with van der Waals surface area (Å²) < 4.78 is 24.4. The molecule has 0 saturated heterocycles. The minimum absolute atomic E-state index is 0.152. The van der Waals surface area contributed by atoms with E-state index in [1.807, 2.05) is 31.2 Å². The fourth-order valence-electron chi connectivity index (χ4n) is 2.37. The second-order valence-corrected chi connectivity index (χ2v) is 5.89. The van der Waals surface area contributed by atoms with Gasteiger partial charge in [0.1, 0.15) is 6.10 Å². The number of halogens is 2. The highest BCUT2D eigenvalue weighted by molar-refractivity contribution is 6.30. The number of nitrogens with zero attached hydrogens (tertiary/aromatic N) is 1. The summed E-state index contributed by atoms with van der Waals surface area (Å²) in [5.74, 6) is 0.0446. The molecule has 1 heterocycles. The van der Waals surface area contributed by atoms with Gasteiger partial charge in [-0.05, 0) is 35.8 Å². The van der Waals surface area contributed by atoms with E-state index in [4.69, 9.17) is 20.9 Å². The van der Waals surface area contributed by atoms with Crippen LogP contribution in [0.25, 0.3) is 11.3 Å². The maximum atomic E-state index is 13.7. The quantitative estimate of drug-likeness (QED) is 0.716. The van der Waals surface area contributed by atoms with Crippen LogP contribution in [0.5, 0.6) is 11.6 Å². The molecule has 4 nitrogen and oxygen atoms in total. The van der Waals surface area contributed by atoms with E-state index < -0.39 is 5.82 Å². The van der Waals surface area contributed by atoms with Crippen molar-refractivity contribution in [2.45, 2.75) is 19.4 Å². The highest BCUT2D eigenvalue weighted by Crippen LogP contribution is 2.25. The molecule has 3 aromatic rings. The van der Waals surface area contributed by atoms with Crippen LogP contribution in [0.3, 0.4) is 0 Å². The summed E-state index contributed by atoms with van der Waals surface area (Å²) >= 11 is 5.73. The van der Waals surface area contributed by atoms with Crippen molar-refractivity contribution >= 4 is 11.6 Å². The number of hydrogen-bond acceptors (Lipinski definition) is 4. The highest BCUT2D eigenvalue weighted by atomic mass is 35.5. The van der Waals surface area contributed by atoms with Gasteiger partial charge in [-0.2, -0.15) is 0 Å². The van der Waals surface area contributed by atoms with Crippen LogP contribution in [0.2, 0.25) is 5.02 Å². The van der Waals surface area contributed by atoms with E-state index in [1.54, 1.807) is 6.07 Å². The maximum Gasteiger partial charge on any atom is 0.252 e. The van der Waals surface area contributed by atoms with Crippen LogP contribution in [0.1, 0.15) is 12.5 Å². The van der Waals surface area contributed by atoms with Gasteiger partial charge in [0.05, 0.1) is 0 Å². The van der Waals surface area contributed by atoms with E-state index in [0.29, 0.717) is 17.2 Å². The third kappa shape index (κ3) is 3.86. The lowest BCUT2D eigenvalue weighted by Gasteiger charge is -2.15. The number of ether oxygens (including phenoxy) is 1. The van der Waals surface area contributed by atoms with E-state index in [1.165, 1.54) is 18.2 Å². The van der Waals surface area contributed by atoms with Gasteiger partial charge in [-0.3, -0.25) is 0 Å². The molecule has 1 atom stereocenters. The number of benzene rings is 2. The zero-order chi connectivity index (χ0) is 17.1. The Labute approximate surface area is 143 Å². The molecule has 6 heteroatoms. The SMILES string of the molecule is CC(Cc1ccc(-c2cc(O)no2)cc1)Oc1ccc(Cl)cc1F. The third-order valence-electron chi connectivity index (χ3n) is 3.48. The van der Waals surface area contributed by atoms with E-state index in [9.17, 15) is 9.50 Å². The Morgan fingerprint density at radius 2 is 1.96 bits per heavy atom. The predicted molar refractivity (Wildman–Crippen MR) is 88.8 cm³/mol. The maximum absolute atomic E-state index is 13.7. The first kappa shape index (κ1) is 16.3. The van der Waals surface area contributed by atoms with Crippen molar-refractivity contribution in [1.29, 1.82) is 0 Å². The Kier molecular flexibility index (Phi) is 4.71. The molecule has 124 valence electrons. The van der Waals surface area contributed by atoms with Crippen LogP contribution in [-0.2, 0) is 6.42 Å². The lowest BCUT2D eigenvalue weighted by atomic mass is 10.1. The number of aromatic nitrogens is 1. The van der Waals surface area contributed by atoms with Crippen molar-refractivity contribution in [1.82, 2.24) is 5.16 Å². The largest absolute Gasteiger partial charge is 0.491 e. The highest BCUT2D eigenvalue weighted by Gasteiger charge is 2.11. The smallest absolute Gasteiger partial charge is 0.252 e. The summed E-state index contributed by atoms with van der Waals surface area (Å²) in [6.07, 6.45) is 0.408. The van der Waals surface area contributed by atoms with Crippen molar-refractivity contribution in [2.75, 3.05) is 0 Å². The molecular weight excluding hydrogens is 333 g/mol. The summed E-state index contributed by atoms with van der Waals surface area (Å²) in [4.78, 5) is 0. The molecule has 0 amide bonds. The number of hydrogen-bond donors (Lipinski definition) is 1. The number of aromatic hydroxyl groups is 1. The molecule has 2 aromatic carbocycles. The fraction of sp³-hybridized carbons (Fsp3) is 0.167. The van der Waals surface area contributed by atoms with Crippen LogP contribution in [0.4, 0.5) is 4.39 Å². The van der Waals surface area contributed by atoms with E-state index >= 15 is 0 Å². The number of rotatable bonds is 5. The van der Waals surface area contributed by atoms with Crippen molar-refractivity contribution in [3.8, 4) is 23.0 Å². The van der Waals surface area contributed by atoms with Gasteiger partial charge in [-0.25, -0.2) is 4.39 Å². The average molecular weight is 348 g/mol. The summed E-state index contributed by atoms with van der Waals surface area (Å²) in [5.41, 5.74) is 1.84. The molecular formula is C18H15ClFNO3. The van der Waals surface area contributed by atoms with Crippen LogP contribution in [0, 0.1) is 5.82 Å². The molecule has 0 bridgehead atoms. The third-order valence-corrected chi connectivity index (χ3v) is 3.72. The minimum atomic E-state index is -0.477. The Balaban J connectivity index is 1.65. The van der Waals surface area contributed by atoms with Crippen molar-refractivity contribution in [2.24, 2.45) is 0 Å². The van der Waals surface area contributed by atoms with Crippen molar-refractivity contribution in [3.05, 3.63) is 64.9 Å². The second kappa shape index (κ2) is 6.93. The average Bonchev–Trinajstić information content (AvgIpc) is 2.97. The first-order chi connectivity index (χ1) is 11.5. The van der Waals surface area contributed by atoms with Crippen LogP contribution >= 0.6 is 11.6 Å². The van der Waals surface area contributed by atoms with Gasteiger partial charge in [0.25, 0.3) is 5.88 Å². The fourth-order valence-corrected chi connectivity index (χ4v) is 2.53. The van der Waals surface area contributed by atoms with Crippen LogP contribution < -0.4 is 4.74 Å². The van der Waals surface area contributed by atoms with E-state index in [2.05, 4.69) is 5.16 Å². The molecule has 1 unspecified atom stereocenters. The molecule has 1 aromatic heterocycles. The topological polar surface area (TPSA) is 55.5 Å². The summed E-state index contributed by atoms with van der Waals surface area (Å²) in [7, 11) is 0. The lowest BCUT2D eigenvalue weighted by Crippen LogP contribution is -2.15. The Bertz CT molecular complexity index is 833. The molecule has 0 spiro atoms. The van der Waals surface area contributed by atoms with Crippen molar-refractivity contribution < 1.29 is 18.8 Å². The van der Waals surface area contributed by atoms with Gasteiger partial charge in [0, 0.05) is 23.1 Å². The summed E-state index contributed by atoms with van der Waals surface area (Å²) in [6.45, 7) is 1.87. The molecule has 0 saturated carbocycles. The Morgan fingerprint density at radius 1 is 1.21 bits per heavy atom. The second-order valence-electron chi connectivity index (χ2n) is 5.45. The molecule has 0 aliphatic rings. The van der Waals surface area contributed by atoms with Gasteiger partial charge in [-0.15, -0.1) is 0 Å². The molecule has 0 aliphatic carbocycles. The summed E-state index contributed by atoms with van der Waals surface area (Å²) in [6, 6.07) is 13.4. The lowest BCUT2D eigenvalue weighted by molar-refractivity contribution is 0.212. The Morgan fingerprint density at radius 3 is 2.58 bits per heavy atom. The molecule has 0 fully saturated rings. The zero-order valence-electron chi connectivity index (χ0n) is 12.9.